The zero-order valence-electron chi connectivity index (χ0n) is 9.62. The molecule has 3 rings (SSSR count). The molecule has 2 aromatic heterocycles. The molecule has 5 heteroatoms. The molecule has 0 radical (unpaired) electrons. The first-order valence-electron chi connectivity index (χ1n) is 5.48. The second kappa shape index (κ2) is 4.10. The van der Waals surface area contributed by atoms with E-state index in [1.165, 1.54) is 6.07 Å². The third-order valence-electron chi connectivity index (χ3n) is 2.79. The maximum absolute atomic E-state index is 11.3. The van der Waals surface area contributed by atoms with Crippen LogP contribution in [0.3, 0.4) is 0 Å². The van der Waals surface area contributed by atoms with Gasteiger partial charge in [-0.25, -0.2) is 4.98 Å². The van der Waals surface area contributed by atoms with Crippen molar-refractivity contribution in [2.24, 2.45) is 0 Å². The summed E-state index contributed by atoms with van der Waals surface area (Å²) in [5, 5.41) is 0. The van der Waals surface area contributed by atoms with Crippen molar-refractivity contribution in [3.05, 3.63) is 50.9 Å². The molecule has 3 aromatic rings. The number of fused-ring (bicyclic) bond motifs is 1. The van der Waals surface area contributed by atoms with Crippen LogP contribution in [-0.4, -0.2) is 15.0 Å². The molecule has 2 heterocycles. The van der Waals surface area contributed by atoms with Gasteiger partial charge in [0.25, 0.3) is 0 Å². The minimum Gasteiger partial charge on any atom is -0.338 e. The molecule has 0 bridgehead atoms. The van der Waals surface area contributed by atoms with Gasteiger partial charge >= 0.3 is 0 Å². The van der Waals surface area contributed by atoms with Crippen LogP contribution < -0.4 is 5.56 Å². The van der Waals surface area contributed by atoms with E-state index in [4.69, 9.17) is 0 Å². The number of nitrogens with zero attached hydrogens (tertiary/aromatic N) is 1. The lowest BCUT2D eigenvalue weighted by atomic mass is 10.2. The number of imidazole rings is 1. The molecule has 0 aliphatic heterocycles. The molecule has 4 nitrogen and oxygen atoms in total. The topological polar surface area (TPSA) is 61.5 Å². The molecular weight excluding hydrogens is 294 g/mol. The van der Waals surface area contributed by atoms with Crippen molar-refractivity contribution < 1.29 is 0 Å². The third kappa shape index (κ3) is 1.86. The first kappa shape index (κ1) is 11.2. The van der Waals surface area contributed by atoms with Gasteiger partial charge in [0.1, 0.15) is 5.82 Å². The molecule has 0 atom stereocenters. The number of nitrogens with one attached hydrogen (secondary N) is 2. The van der Waals surface area contributed by atoms with Gasteiger partial charge in [-0.1, -0.05) is 15.9 Å². The van der Waals surface area contributed by atoms with Gasteiger partial charge in [-0.15, -0.1) is 0 Å². The minimum absolute atomic E-state index is 0.133. The van der Waals surface area contributed by atoms with Crippen molar-refractivity contribution in [2.45, 2.75) is 6.92 Å². The number of benzene rings is 1. The van der Waals surface area contributed by atoms with Crippen LogP contribution in [0.2, 0.25) is 0 Å². The summed E-state index contributed by atoms with van der Waals surface area (Å²) in [5.41, 5.74) is 3.62. The van der Waals surface area contributed by atoms with Crippen LogP contribution in [0.5, 0.6) is 0 Å². The molecule has 1 aromatic carbocycles. The standard InChI is InChI=1S/C13H10BrN3O/c1-7-4-9(14)6-10-12(7)17-13(16-10)8-2-3-15-11(18)5-8/h2-6H,1H3,(H,15,18)(H,16,17). The van der Waals surface area contributed by atoms with Crippen LogP contribution >= 0.6 is 15.9 Å². The van der Waals surface area contributed by atoms with Crippen LogP contribution in [0.15, 0.2) is 39.7 Å². The van der Waals surface area contributed by atoms with E-state index in [1.54, 1.807) is 6.20 Å². The predicted octanol–water partition coefficient (Wildman–Crippen LogP) is 2.99. The fourth-order valence-corrected chi connectivity index (χ4v) is 2.55. The third-order valence-corrected chi connectivity index (χ3v) is 3.25. The lowest BCUT2D eigenvalue weighted by Gasteiger charge is -1.94. The Kier molecular flexibility index (Phi) is 2.56. The Morgan fingerprint density at radius 1 is 1.28 bits per heavy atom. The van der Waals surface area contributed by atoms with E-state index < -0.39 is 0 Å². The van der Waals surface area contributed by atoms with Gasteiger partial charge in [-0.05, 0) is 30.7 Å². The summed E-state index contributed by atoms with van der Waals surface area (Å²) in [6.07, 6.45) is 1.62. The Balaban J connectivity index is 2.25. The number of aromatic amines is 2. The largest absolute Gasteiger partial charge is 0.338 e. The first-order chi connectivity index (χ1) is 8.63. The smallest absolute Gasteiger partial charge is 0.248 e. The molecule has 0 spiro atoms. The highest BCUT2D eigenvalue weighted by Gasteiger charge is 2.08. The van der Waals surface area contributed by atoms with Crippen LogP contribution in [-0.2, 0) is 0 Å². The monoisotopic (exact) mass is 303 g/mol. The molecule has 0 aliphatic carbocycles. The summed E-state index contributed by atoms with van der Waals surface area (Å²) in [4.78, 5) is 21.6. The van der Waals surface area contributed by atoms with Crippen molar-refractivity contribution in [1.29, 1.82) is 0 Å². The fraction of sp³-hybridized carbons (Fsp3) is 0.0769. The van der Waals surface area contributed by atoms with Crippen LogP contribution in [0.4, 0.5) is 0 Å². The Bertz CT molecular complexity index is 788. The number of halogens is 1. The summed E-state index contributed by atoms with van der Waals surface area (Å²) < 4.78 is 1.01. The summed E-state index contributed by atoms with van der Waals surface area (Å²) in [7, 11) is 0. The quantitative estimate of drug-likeness (QED) is 0.726. The van der Waals surface area contributed by atoms with Gasteiger partial charge in [-0.2, -0.15) is 0 Å². The van der Waals surface area contributed by atoms with Crippen molar-refractivity contribution in [3.63, 3.8) is 0 Å². The molecule has 0 saturated carbocycles. The van der Waals surface area contributed by atoms with Crippen molar-refractivity contribution in [2.75, 3.05) is 0 Å². The summed E-state index contributed by atoms with van der Waals surface area (Å²) in [5.74, 6) is 0.706. The Hall–Kier alpha value is -1.88. The maximum Gasteiger partial charge on any atom is 0.248 e. The maximum atomic E-state index is 11.3. The number of aromatic nitrogens is 3. The number of pyridine rings is 1. The van der Waals surface area contributed by atoms with Crippen LogP contribution in [0.25, 0.3) is 22.4 Å². The summed E-state index contributed by atoms with van der Waals surface area (Å²) in [6.45, 7) is 2.01. The zero-order chi connectivity index (χ0) is 12.7. The molecule has 0 fully saturated rings. The van der Waals surface area contributed by atoms with Crippen molar-refractivity contribution >= 4 is 27.0 Å². The highest BCUT2D eigenvalue weighted by molar-refractivity contribution is 9.10. The van der Waals surface area contributed by atoms with Gasteiger partial charge in [0, 0.05) is 22.3 Å². The lowest BCUT2D eigenvalue weighted by Crippen LogP contribution is -2.02. The normalized spacial score (nSPS) is 11.0. The Labute approximate surface area is 111 Å². The van der Waals surface area contributed by atoms with E-state index in [1.807, 2.05) is 25.1 Å². The number of aryl methyl sites for hydroxylation is 1. The molecule has 0 aliphatic rings. The molecule has 0 amide bonds. The first-order valence-corrected chi connectivity index (χ1v) is 6.28. The number of H-pyrrole nitrogens is 2. The van der Waals surface area contributed by atoms with Crippen LogP contribution in [0.1, 0.15) is 5.56 Å². The highest BCUT2D eigenvalue weighted by atomic mass is 79.9. The van der Waals surface area contributed by atoms with E-state index in [0.717, 1.165) is 26.6 Å². The molecule has 2 N–H and O–H groups in total. The van der Waals surface area contributed by atoms with E-state index in [9.17, 15) is 4.79 Å². The number of rotatable bonds is 1. The Morgan fingerprint density at radius 2 is 2.11 bits per heavy atom. The average Bonchev–Trinajstić information content (AvgIpc) is 2.73. The van der Waals surface area contributed by atoms with Crippen LogP contribution in [0, 0.1) is 6.92 Å². The zero-order valence-corrected chi connectivity index (χ0v) is 11.2. The van der Waals surface area contributed by atoms with Gasteiger partial charge < -0.3 is 9.97 Å². The highest BCUT2D eigenvalue weighted by Crippen LogP contribution is 2.25. The summed E-state index contributed by atoms with van der Waals surface area (Å²) in [6, 6.07) is 7.35. The minimum atomic E-state index is -0.133. The molecule has 0 unspecified atom stereocenters. The predicted molar refractivity (Wildman–Crippen MR) is 74.6 cm³/mol. The lowest BCUT2D eigenvalue weighted by molar-refractivity contribution is 1.22. The van der Waals surface area contributed by atoms with Gasteiger partial charge in [0.15, 0.2) is 0 Å². The average molecular weight is 304 g/mol. The Morgan fingerprint density at radius 3 is 2.89 bits per heavy atom. The molecule has 0 saturated heterocycles. The number of hydrogen-bond acceptors (Lipinski definition) is 2. The van der Waals surface area contributed by atoms with Crippen molar-refractivity contribution in [3.8, 4) is 11.4 Å². The van der Waals surface area contributed by atoms with Gasteiger partial charge in [0.05, 0.1) is 11.0 Å². The second-order valence-electron chi connectivity index (χ2n) is 4.15. The van der Waals surface area contributed by atoms with E-state index in [-0.39, 0.29) is 5.56 Å². The van der Waals surface area contributed by atoms with E-state index in [0.29, 0.717) is 5.82 Å². The van der Waals surface area contributed by atoms with Gasteiger partial charge in [0.2, 0.25) is 5.56 Å². The fourth-order valence-electron chi connectivity index (χ4n) is 1.98. The van der Waals surface area contributed by atoms with Crippen molar-refractivity contribution in [1.82, 2.24) is 15.0 Å². The molecule has 90 valence electrons. The second-order valence-corrected chi connectivity index (χ2v) is 5.06. The van der Waals surface area contributed by atoms with E-state index in [2.05, 4.69) is 30.9 Å². The number of hydrogen-bond donors (Lipinski definition) is 2. The SMILES string of the molecule is Cc1cc(Br)cc2[nH]c(-c3cc[nH]c(=O)c3)nc12. The summed E-state index contributed by atoms with van der Waals surface area (Å²) >= 11 is 3.46. The van der Waals surface area contributed by atoms with Gasteiger partial charge in [-0.3, -0.25) is 4.79 Å². The van der Waals surface area contributed by atoms with E-state index >= 15 is 0 Å². The molecular formula is C13H10BrN3O. The molecule has 18 heavy (non-hydrogen) atoms.